The molecule has 0 heterocycles. The lowest BCUT2D eigenvalue weighted by Crippen LogP contribution is -2.09. The third-order valence-corrected chi connectivity index (χ3v) is 2.83. The monoisotopic (exact) mass is 253 g/mol. The van der Waals surface area contributed by atoms with Crippen molar-refractivity contribution in [2.24, 2.45) is 0 Å². The normalized spacial score (nSPS) is 11.6. The van der Waals surface area contributed by atoms with Crippen LogP contribution >= 0.6 is 0 Å². The topological polar surface area (TPSA) is 53.2 Å². The minimum Gasteiger partial charge on any atom is -0.490 e. The van der Waals surface area contributed by atoms with E-state index >= 15 is 0 Å². The Balaban J connectivity index is 1.98. The van der Waals surface area contributed by atoms with Crippen LogP contribution in [0.3, 0.4) is 0 Å². The molecule has 0 aromatic heterocycles. The molecule has 3 nitrogen and oxygen atoms in total. The third kappa shape index (κ3) is 3.57. The number of aliphatic hydroxyl groups is 1. The number of hydrogen-bond donors (Lipinski definition) is 1. The molecular formula is C16H15NO2. The summed E-state index contributed by atoms with van der Waals surface area (Å²) >= 11 is 0. The number of nitrogens with zero attached hydrogens (tertiary/aromatic N) is 1. The number of aryl methyl sites for hydroxylation is 1. The number of rotatable bonds is 4. The molecule has 2 aromatic rings. The average Bonchev–Trinajstić information content (AvgIpc) is 2.46. The van der Waals surface area contributed by atoms with Crippen molar-refractivity contribution in [1.82, 2.24) is 0 Å². The van der Waals surface area contributed by atoms with Gasteiger partial charge in [-0.2, -0.15) is 5.26 Å². The van der Waals surface area contributed by atoms with E-state index in [9.17, 15) is 5.11 Å². The fourth-order valence-electron chi connectivity index (χ4n) is 1.72. The van der Waals surface area contributed by atoms with E-state index in [0.717, 1.165) is 11.1 Å². The number of nitriles is 1. The molecule has 2 aromatic carbocycles. The zero-order valence-electron chi connectivity index (χ0n) is 10.7. The summed E-state index contributed by atoms with van der Waals surface area (Å²) in [5, 5.41) is 18.8. The summed E-state index contributed by atoms with van der Waals surface area (Å²) in [5.74, 6) is 0.588. The Morgan fingerprint density at radius 3 is 2.63 bits per heavy atom. The molecule has 0 spiro atoms. The van der Waals surface area contributed by atoms with Crippen molar-refractivity contribution in [3.05, 3.63) is 65.2 Å². The molecule has 1 N–H and O–H groups in total. The third-order valence-electron chi connectivity index (χ3n) is 2.83. The molecule has 0 saturated carbocycles. The van der Waals surface area contributed by atoms with Crippen LogP contribution in [0.2, 0.25) is 0 Å². The Kier molecular flexibility index (Phi) is 4.17. The first-order valence-corrected chi connectivity index (χ1v) is 6.06. The van der Waals surface area contributed by atoms with E-state index in [1.165, 1.54) is 0 Å². The lowest BCUT2D eigenvalue weighted by atomic mass is 10.1. The van der Waals surface area contributed by atoms with Gasteiger partial charge in [0, 0.05) is 0 Å². The van der Waals surface area contributed by atoms with Gasteiger partial charge in [0.05, 0.1) is 11.6 Å². The maximum atomic E-state index is 10.0. The van der Waals surface area contributed by atoms with Gasteiger partial charge in [-0.3, -0.25) is 0 Å². The molecule has 2 rings (SSSR count). The number of benzene rings is 2. The SMILES string of the molecule is Cc1ccc(C(O)COc2cccc(C#N)c2)cc1. The first-order chi connectivity index (χ1) is 9.19. The van der Waals surface area contributed by atoms with Crippen LogP contribution in [0, 0.1) is 18.3 Å². The zero-order valence-corrected chi connectivity index (χ0v) is 10.7. The molecule has 0 aliphatic carbocycles. The molecule has 0 fully saturated rings. The van der Waals surface area contributed by atoms with Crippen molar-refractivity contribution >= 4 is 0 Å². The molecular weight excluding hydrogens is 238 g/mol. The Morgan fingerprint density at radius 2 is 1.95 bits per heavy atom. The van der Waals surface area contributed by atoms with Crippen molar-refractivity contribution < 1.29 is 9.84 Å². The van der Waals surface area contributed by atoms with E-state index < -0.39 is 6.10 Å². The molecule has 0 bridgehead atoms. The van der Waals surface area contributed by atoms with Crippen LogP contribution in [0.4, 0.5) is 0 Å². The standard InChI is InChI=1S/C16H15NO2/c1-12-5-7-14(8-6-12)16(18)11-19-15-4-2-3-13(9-15)10-17/h2-9,16,18H,11H2,1H3. The van der Waals surface area contributed by atoms with E-state index in [2.05, 4.69) is 6.07 Å². The van der Waals surface area contributed by atoms with Crippen LogP contribution in [-0.2, 0) is 0 Å². The maximum Gasteiger partial charge on any atom is 0.120 e. The fourth-order valence-corrected chi connectivity index (χ4v) is 1.72. The number of aliphatic hydroxyl groups excluding tert-OH is 1. The van der Waals surface area contributed by atoms with E-state index in [0.29, 0.717) is 11.3 Å². The predicted molar refractivity (Wildman–Crippen MR) is 72.8 cm³/mol. The summed E-state index contributed by atoms with van der Waals surface area (Å²) in [6, 6.07) is 16.6. The molecule has 0 saturated heterocycles. The van der Waals surface area contributed by atoms with Gasteiger partial charge in [0.1, 0.15) is 18.5 Å². The highest BCUT2D eigenvalue weighted by Gasteiger charge is 2.08. The average molecular weight is 253 g/mol. The van der Waals surface area contributed by atoms with E-state index in [1.807, 2.05) is 31.2 Å². The lowest BCUT2D eigenvalue weighted by Gasteiger charge is -2.13. The predicted octanol–water partition coefficient (Wildman–Crippen LogP) is 2.98. The molecule has 0 amide bonds. The molecule has 96 valence electrons. The van der Waals surface area contributed by atoms with Crippen LogP contribution in [0.25, 0.3) is 0 Å². The van der Waals surface area contributed by atoms with Crippen molar-refractivity contribution in [2.45, 2.75) is 13.0 Å². The molecule has 0 aliphatic heterocycles. The van der Waals surface area contributed by atoms with Crippen molar-refractivity contribution in [1.29, 1.82) is 5.26 Å². The van der Waals surface area contributed by atoms with Crippen LogP contribution < -0.4 is 4.74 Å². The van der Waals surface area contributed by atoms with Gasteiger partial charge in [-0.15, -0.1) is 0 Å². The second-order valence-corrected chi connectivity index (χ2v) is 4.38. The van der Waals surface area contributed by atoms with E-state index in [-0.39, 0.29) is 6.61 Å². The summed E-state index contributed by atoms with van der Waals surface area (Å²) in [7, 11) is 0. The highest BCUT2D eigenvalue weighted by molar-refractivity contribution is 5.36. The smallest absolute Gasteiger partial charge is 0.120 e. The first kappa shape index (κ1) is 13.1. The lowest BCUT2D eigenvalue weighted by molar-refractivity contribution is 0.108. The van der Waals surface area contributed by atoms with Gasteiger partial charge < -0.3 is 9.84 Å². The molecule has 3 heteroatoms. The Hall–Kier alpha value is -2.31. The highest BCUT2D eigenvalue weighted by Crippen LogP contribution is 2.17. The summed E-state index contributed by atoms with van der Waals surface area (Å²) in [6.07, 6.45) is -0.675. The fraction of sp³-hybridized carbons (Fsp3) is 0.188. The highest BCUT2D eigenvalue weighted by atomic mass is 16.5. The van der Waals surface area contributed by atoms with E-state index in [1.54, 1.807) is 24.3 Å². The van der Waals surface area contributed by atoms with Crippen LogP contribution in [-0.4, -0.2) is 11.7 Å². The van der Waals surface area contributed by atoms with Crippen LogP contribution in [0.1, 0.15) is 22.8 Å². The minimum atomic E-state index is -0.675. The van der Waals surface area contributed by atoms with Gasteiger partial charge in [-0.05, 0) is 30.7 Å². The van der Waals surface area contributed by atoms with E-state index in [4.69, 9.17) is 10.00 Å². The second kappa shape index (κ2) is 6.03. The van der Waals surface area contributed by atoms with Gasteiger partial charge in [0.25, 0.3) is 0 Å². The maximum absolute atomic E-state index is 10.0. The summed E-state index contributed by atoms with van der Waals surface area (Å²) in [4.78, 5) is 0. The van der Waals surface area contributed by atoms with Gasteiger partial charge in [-0.1, -0.05) is 35.9 Å². The largest absolute Gasteiger partial charge is 0.490 e. The van der Waals surface area contributed by atoms with Crippen molar-refractivity contribution in [3.63, 3.8) is 0 Å². The first-order valence-electron chi connectivity index (χ1n) is 6.06. The summed E-state index contributed by atoms with van der Waals surface area (Å²) < 4.78 is 5.49. The van der Waals surface area contributed by atoms with Crippen molar-refractivity contribution in [2.75, 3.05) is 6.61 Å². The number of ether oxygens (including phenoxy) is 1. The molecule has 19 heavy (non-hydrogen) atoms. The summed E-state index contributed by atoms with van der Waals surface area (Å²) in [6.45, 7) is 2.16. The van der Waals surface area contributed by atoms with Crippen molar-refractivity contribution in [3.8, 4) is 11.8 Å². The summed E-state index contributed by atoms with van der Waals surface area (Å²) in [5.41, 5.74) is 2.52. The molecule has 1 unspecified atom stereocenters. The van der Waals surface area contributed by atoms with Crippen LogP contribution in [0.5, 0.6) is 5.75 Å². The quantitative estimate of drug-likeness (QED) is 0.911. The van der Waals surface area contributed by atoms with Crippen LogP contribution in [0.15, 0.2) is 48.5 Å². The van der Waals surface area contributed by atoms with Gasteiger partial charge in [-0.25, -0.2) is 0 Å². The van der Waals surface area contributed by atoms with Gasteiger partial charge in [0.15, 0.2) is 0 Å². The molecule has 0 radical (unpaired) electrons. The minimum absolute atomic E-state index is 0.165. The Labute approximate surface area is 112 Å². The second-order valence-electron chi connectivity index (χ2n) is 4.38. The molecule has 0 aliphatic rings. The zero-order chi connectivity index (χ0) is 13.7. The molecule has 1 atom stereocenters. The van der Waals surface area contributed by atoms with Gasteiger partial charge in [0.2, 0.25) is 0 Å². The Morgan fingerprint density at radius 1 is 1.21 bits per heavy atom. The number of hydrogen-bond acceptors (Lipinski definition) is 3. The van der Waals surface area contributed by atoms with Gasteiger partial charge >= 0.3 is 0 Å². The Bertz CT molecular complexity index is 584.